The lowest BCUT2D eigenvalue weighted by molar-refractivity contribution is 0.0947. The van der Waals surface area contributed by atoms with Crippen LogP contribution < -0.4 is 10.9 Å². The van der Waals surface area contributed by atoms with Crippen molar-refractivity contribution in [3.05, 3.63) is 94.9 Å². The van der Waals surface area contributed by atoms with Crippen LogP contribution in [0.3, 0.4) is 0 Å². The molecule has 0 spiro atoms. The Bertz CT molecular complexity index is 1220. The van der Waals surface area contributed by atoms with Gasteiger partial charge < -0.3 is 5.32 Å². The van der Waals surface area contributed by atoms with Gasteiger partial charge in [0.05, 0.1) is 17.7 Å². The van der Waals surface area contributed by atoms with Gasteiger partial charge in [0.15, 0.2) is 0 Å². The van der Waals surface area contributed by atoms with Crippen LogP contribution in [0.1, 0.15) is 10.5 Å². The van der Waals surface area contributed by atoms with Crippen LogP contribution in [-0.4, -0.2) is 32.2 Å². The number of nitrogens with one attached hydrogen (secondary N) is 2. The maximum atomic E-state index is 13.0. The van der Waals surface area contributed by atoms with Gasteiger partial charge in [0.2, 0.25) is 0 Å². The fraction of sp³-hybridized carbons (Fsp3) is 0.0909. The summed E-state index contributed by atoms with van der Waals surface area (Å²) < 4.78 is 14.5. The Morgan fingerprint density at radius 1 is 1.00 bits per heavy atom. The molecular weight excluding hydrogens is 385 g/mol. The summed E-state index contributed by atoms with van der Waals surface area (Å²) >= 11 is 0. The van der Waals surface area contributed by atoms with Gasteiger partial charge in [-0.3, -0.25) is 19.3 Å². The van der Waals surface area contributed by atoms with Crippen molar-refractivity contribution < 1.29 is 9.18 Å². The predicted octanol–water partition coefficient (Wildman–Crippen LogP) is 2.87. The van der Waals surface area contributed by atoms with E-state index in [0.29, 0.717) is 17.0 Å². The zero-order chi connectivity index (χ0) is 20.9. The van der Waals surface area contributed by atoms with E-state index in [1.807, 2.05) is 30.3 Å². The third-order valence-electron chi connectivity index (χ3n) is 4.55. The second-order valence-electron chi connectivity index (χ2n) is 6.60. The molecule has 0 aliphatic heterocycles. The van der Waals surface area contributed by atoms with E-state index in [2.05, 4.69) is 20.5 Å². The molecule has 7 nitrogen and oxygen atoms in total. The maximum absolute atomic E-state index is 13.0. The standard InChI is InChI=1S/C22H18FN5O2/c23-17-8-6-16(7-9-17)19-12-20(27-26-19)22(30)24-10-11-28-14-25-18(13-21(28)29)15-4-2-1-3-5-15/h1-9,12-14H,10-11H2,(H,24,30)(H,26,27). The predicted molar refractivity (Wildman–Crippen MR) is 110 cm³/mol. The second kappa shape index (κ2) is 8.52. The first kappa shape index (κ1) is 19.3. The normalized spacial score (nSPS) is 10.7. The van der Waals surface area contributed by atoms with Crippen LogP contribution in [0.2, 0.25) is 0 Å². The monoisotopic (exact) mass is 403 g/mol. The number of amides is 1. The van der Waals surface area contributed by atoms with E-state index in [1.165, 1.54) is 29.1 Å². The first-order valence-corrected chi connectivity index (χ1v) is 9.31. The SMILES string of the molecule is O=C(NCCn1cnc(-c2ccccc2)cc1=O)c1cc(-c2ccc(F)cc2)n[nH]1. The molecule has 0 saturated carbocycles. The van der Waals surface area contributed by atoms with Crippen molar-refractivity contribution in [1.29, 1.82) is 0 Å². The van der Waals surface area contributed by atoms with Crippen LogP contribution >= 0.6 is 0 Å². The minimum absolute atomic E-state index is 0.196. The third-order valence-corrected chi connectivity index (χ3v) is 4.55. The van der Waals surface area contributed by atoms with Crippen molar-refractivity contribution >= 4 is 5.91 Å². The minimum Gasteiger partial charge on any atom is -0.349 e. The van der Waals surface area contributed by atoms with Gasteiger partial charge in [-0.25, -0.2) is 9.37 Å². The molecule has 0 aliphatic carbocycles. The summed E-state index contributed by atoms with van der Waals surface area (Å²) in [5.74, 6) is -0.688. The van der Waals surface area contributed by atoms with Crippen molar-refractivity contribution in [3.8, 4) is 22.5 Å². The Labute approximate surface area is 171 Å². The highest BCUT2D eigenvalue weighted by Gasteiger charge is 2.11. The number of nitrogens with zero attached hydrogens (tertiary/aromatic N) is 3. The van der Waals surface area contributed by atoms with E-state index in [0.717, 1.165) is 5.56 Å². The first-order chi connectivity index (χ1) is 14.6. The summed E-state index contributed by atoms with van der Waals surface area (Å²) in [7, 11) is 0. The number of hydrogen-bond donors (Lipinski definition) is 2. The quantitative estimate of drug-likeness (QED) is 0.518. The average Bonchev–Trinajstić information content (AvgIpc) is 3.26. The zero-order valence-electron chi connectivity index (χ0n) is 15.9. The maximum Gasteiger partial charge on any atom is 0.269 e. The van der Waals surface area contributed by atoms with Crippen LogP contribution in [0.25, 0.3) is 22.5 Å². The van der Waals surface area contributed by atoms with Gasteiger partial charge in [0.1, 0.15) is 11.5 Å². The highest BCUT2D eigenvalue weighted by molar-refractivity contribution is 5.93. The molecule has 4 aromatic rings. The molecule has 0 unspecified atom stereocenters. The van der Waals surface area contributed by atoms with Crippen molar-refractivity contribution in [1.82, 2.24) is 25.1 Å². The number of rotatable bonds is 6. The number of carbonyl (C=O) groups is 1. The third kappa shape index (κ3) is 4.33. The molecule has 0 atom stereocenters. The molecule has 0 fully saturated rings. The lowest BCUT2D eigenvalue weighted by atomic mass is 10.1. The largest absolute Gasteiger partial charge is 0.349 e. The fourth-order valence-corrected chi connectivity index (χ4v) is 2.95. The smallest absolute Gasteiger partial charge is 0.269 e. The molecule has 8 heteroatoms. The molecule has 30 heavy (non-hydrogen) atoms. The van der Waals surface area contributed by atoms with Crippen LogP contribution in [-0.2, 0) is 6.54 Å². The molecule has 2 aromatic heterocycles. The summed E-state index contributed by atoms with van der Waals surface area (Å²) in [4.78, 5) is 28.9. The summed E-state index contributed by atoms with van der Waals surface area (Å²) in [6.45, 7) is 0.529. The fourth-order valence-electron chi connectivity index (χ4n) is 2.95. The first-order valence-electron chi connectivity index (χ1n) is 9.31. The summed E-state index contributed by atoms with van der Waals surface area (Å²) in [6, 6.07) is 18.3. The molecule has 2 heterocycles. The Balaban J connectivity index is 1.36. The number of halogens is 1. The minimum atomic E-state index is -0.349. The topological polar surface area (TPSA) is 92.7 Å². The van der Waals surface area contributed by atoms with Crippen LogP contribution in [0.15, 0.2) is 77.9 Å². The Kier molecular flexibility index (Phi) is 5.47. The van der Waals surface area contributed by atoms with Crippen molar-refractivity contribution in [3.63, 3.8) is 0 Å². The van der Waals surface area contributed by atoms with Crippen molar-refractivity contribution in [2.24, 2.45) is 0 Å². The van der Waals surface area contributed by atoms with E-state index < -0.39 is 0 Å². The van der Waals surface area contributed by atoms with Gasteiger partial charge in [0.25, 0.3) is 11.5 Å². The molecule has 150 valence electrons. The molecule has 4 rings (SSSR count). The number of benzene rings is 2. The zero-order valence-corrected chi connectivity index (χ0v) is 15.9. The van der Waals surface area contributed by atoms with Gasteiger partial charge >= 0.3 is 0 Å². The Morgan fingerprint density at radius 3 is 2.47 bits per heavy atom. The second-order valence-corrected chi connectivity index (χ2v) is 6.60. The molecule has 2 N–H and O–H groups in total. The Hall–Kier alpha value is -4.07. The summed E-state index contributed by atoms with van der Waals surface area (Å²) in [6.07, 6.45) is 1.47. The van der Waals surface area contributed by atoms with Gasteiger partial charge in [-0.05, 0) is 30.3 Å². The molecule has 0 aliphatic rings. The molecule has 2 aromatic carbocycles. The summed E-state index contributed by atoms with van der Waals surface area (Å²) in [5.41, 5.74) is 2.79. The van der Waals surface area contributed by atoms with E-state index in [9.17, 15) is 14.0 Å². The molecule has 0 radical (unpaired) electrons. The highest BCUT2D eigenvalue weighted by atomic mass is 19.1. The van der Waals surface area contributed by atoms with Gasteiger partial charge in [-0.1, -0.05) is 30.3 Å². The number of H-pyrrole nitrogens is 1. The number of aromatic amines is 1. The van der Waals surface area contributed by atoms with Crippen LogP contribution in [0, 0.1) is 5.82 Å². The van der Waals surface area contributed by atoms with Gasteiger partial charge in [0, 0.05) is 30.3 Å². The number of hydrogen-bond acceptors (Lipinski definition) is 4. The summed E-state index contributed by atoms with van der Waals surface area (Å²) in [5, 5.41) is 9.49. The van der Waals surface area contributed by atoms with Gasteiger partial charge in [-0.15, -0.1) is 0 Å². The Morgan fingerprint density at radius 2 is 1.73 bits per heavy atom. The molecule has 0 saturated heterocycles. The van der Waals surface area contributed by atoms with E-state index in [1.54, 1.807) is 18.2 Å². The van der Waals surface area contributed by atoms with Crippen molar-refractivity contribution in [2.45, 2.75) is 6.54 Å². The van der Waals surface area contributed by atoms with Gasteiger partial charge in [-0.2, -0.15) is 5.10 Å². The molecule has 0 bridgehead atoms. The number of carbonyl (C=O) groups excluding carboxylic acids is 1. The van der Waals surface area contributed by atoms with E-state index in [-0.39, 0.29) is 36.1 Å². The van der Waals surface area contributed by atoms with Crippen LogP contribution in [0.5, 0.6) is 0 Å². The van der Waals surface area contributed by atoms with Crippen LogP contribution in [0.4, 0.5) is 4.39 Å². The van der Waals surface area contributed by atoms with E-state index >= 15 is 0 Å². The van der Waals surface area contributed by atoms with E-state index in [4.69, 9.17) is 0 Å². The van der Waals surface area contributed by atoms with Crippen molar-refractivity contribution in [2.75, 3.05) is 6.54 Å². The average molecular weight is 403 g/mol. The molecule has 1 amide bonds. The lowest BCUT2D eigenvalue weighted by Crippen LogP contribution is -2.31. The highest BCUT2D eigenvalue weighted by Crippen LogP contribution is 2.18. The number of aromatic nitrogens is 4. The lowest BCUT2D eigenvalue weighted by Gasteiger charge is -2.07. The molecular formula is C22H18FN5O2.